The average Bonchev–Trinajstić information content (AvgIpc) is 2.59. The van der Waals surface area contributed by atoms with E-state index >= 15 is 0 Å². The van der Waals surface area contributed by atoms with Crippen molar-refractivity contribution in [2.24, 2.45) is 22.9 Å². The predicted molar refractivity (Wildman–Crippen MR) is 98.0 cm³/mol. The molecule has 4 atom stereocenters. The van der Waals surface area contributed by atoms with E-state index < -0.39 is 9.05 Å². The maximum Gasteiger partial charge on any atom is 0.679 e. The molecule has 0 aliphatic heterocycles. The zero-order chi connectivity index (χ0) is 18.6. The molecule has 0 aromatic rings. The van der Waals surface area contributed by atoms with Crippen molar-refractivity contribution in [2.75, 3.05) is 26.4 Å². The van der Waals surface area contributed by atoms with Gasteiger partial charge in [-0.1, -0.05) is 20.8 Å². The van der Waals surface area contributed by atoms with Crippen molar-refractivity contribution < 1.29 is 17.7 Å². The minimum Gasteiger partial charge on any atom is -0.350 e. The van der Waals surface area contributed by atoms with Gasteiger partial charge in [0.15, 0.2) is 0 Å². The third-order valence-electron chi connectivity index (χ3n) is 3.52. The summed E-state index contributed by atoms with van der Waals surface area (Å²) in [7, 11) is -3.42. The maximum absolute atomic E-state index is 5.96. The lowest BCUT2D eigenvalue weighted by Crippen LogP contribution is -2.55. The Morgan fingerprint density at radius 1 is 0.625 bits per heavy atom. The first kappa shape index (κ1) is 23.9. The molecule has 0 saturated heterocycles. The molecule has 9 heteroatoms. The van der Waals surface area contributed by atoms with Gasteiger partial charge in [-0.25, -0.2) is 0 Å². The van der Waals surface area contributed by atoms with E-state index in [1.807, 2.05) is 27.7 Å². The standard InChI is InChI=1S/C15H38N4O4Si/c1-5-13(17)9-21-24(20-8-12(4)16,22-10-14(18)6-2)23-11-15(19)7-3/h12-15H,5-11,16-19H2,1-4H3. The third-order valence-corrected chi connectivity index (χ3v) is 5.60. The number of hydrogen-bond acceptors (Lipinski definition) is 8. The Bertz CT molecular complexity index is 277. The lowest BCUT2D eigenvalue weighted by molar-refractivity contribution is -0.0437. The number of rotatable bonds is 15. The van der Waals surface area contributed by atoms with Gasteiger partial charge < -0.3 is 40.6 Å². The van der Waals surface area contributed by atoms with Crippen LogP contribution in [0.15, 0.2) is 0 Å². The summed E-state index contributed by atoms with van der Waals surface area (Å²) >= 11 is 0. The van der Waals surface area contributed by atoms with Crippen LogP contribution >= 0.6 is 0 Å². The summed E-state index contributed by atoms with van der Waals surface area (Å²) in [5, 5.41) is 0. The molecule has 0 amide bonds. The Morgan fingerprint density at radius 2 is 0.917 bits per heavy atom. The molecule has 146 valence electrons. The summed E-state index contributed by atoms with van der Waals surface area (Å²) in [6.07, 6.45) is 2.34. The van der Waals surface area contributed by atoms with Crippen molar-refractivity contribution in [3.05, 3.63) is 0 Å². The Kier molecular flexibility index (Phi) is 13.1. The molecule has 8 N–H and O–H groups in total. The van der Waals surface area contributed by atoms with Gasteiger partial charge >= 0.3 is 9.05 Å². The highest BCUT2D eigenvalue weighted by atomic mass is 28.4. The minimum atomic E-state index is -3.42. The average molecular weight is 367 g/mol. The smallest absolute Gasteiger partial charge is 0.350 e. The lowest BCUT2D eigenvalue weighted by Gasteiger charge is -2.31. The second-order valence-electron chi connectivity index (χ2n) is 6.23. The van der Waals surface area contributed by atoms with Gasteiger partial charge in [0, 0.05) is 24.2 Å². The van der Waals surface area contributed by atoms with Crippen molar-refractivity contribution in [1.29, 1.82) is 0 Å². The molecule has 0 radical (unpaired) electrons. The van der Waals surface area contributed by atoms with Crippen LogP contribution in [0, 0.1) is 0 Å². The van der Waals surface area contributed by atoms with Gasteiger partial charge in [0.2, 0.25) is 0 Å². The molecule has 0 aliphatic carbocycles. The normalized spacial score (nSPS) is 19.5. The Hall–Kier alpha value is -0.103. The molecule has 24 heavy (non-hydrogen) atoms. The Morgan fingerprint density at radius 3 is 1.17 bits per heavy atom. The van der Waals surface area contributed by atoms with Crippen LogP contribution in [0.5, 0.6) is 0 Å². The summed E-state index contributed by atoms with van der Waals surface area (Å²) in [6.45, 7) is 8.91. The fourth-order valence-electron chi connectivity index (χ4n) is 1.46. The molecule has 0 bridgehead atoms. The van der Waals surface area contributed by atoms with Gasteiger partial charge in [0.25, 0.3) is 0 Å². The predicted octanol–water partition coefficient (Wildman–Crippen LogP) is 0.0475. The summed E-state index contributed by atoms with van der Waals surface area (Å²) in [6, 6.07) is -0.541. The van der Waals surface area contributed by atoms with Crippen LogP contribution in [0.4, 0.5) is 0 Å². The topological polar surface area (TPSA) is 141 Å². The monoisotopic (exact) mass is 366 g/mol. The first-order valence-corrected chi connectivity index (χ1v) is 10.5. The van der Waals surface area contributed by atoms with Crippen molar-refractivity contribution in [3.8, 4) is 0 Å². The van der Waals surface area contributed by atoms with Crippen molar-refractivity contribution >= 4 is 9.05 Å². The highest BCUT2D eigenvalue weighted by molar-refractivity contribution is 6.53. The molecular weight excluding hydrogens is 328 g/mol. The summed E-state index contributed by atoms with van der Waals surface area (Å²) < 4.78 is 23.6. The van der Waals surface area contributed by atoms with Crippen LogP contribution in [0.2, 0.25) is 0 Å². The molecule has 0 fully saturated rings. The molecule has 0 saturated carbocycles. The van der Waals surface area contributed by atoms with Gasteiger partial charge in [-0.2, -0.15) is 0 Å². The second kappa shape index (κ2) is 13.1. The molecule has 8 nitrogen and oxygen atoms in total. The highest BCUT2D eigenvalue weighted by Gasteiger charge is 2.47. The van der Waals surface area contributed by atoms with Gasteiger partial charge in [-0.15, -0.1) is 0 Å². The van der Waals surface area contributed by atoms with Crippen molar-refractivity contribution in [3.63, 3.8) is 0 Å². The van der Waals surface area contributed by atoms with Gasteiger partial charge in [0.05, 0.1) is 26.4 Å². The van der Waals surface area contributed by atoms with Crippen molar-refractivity contribution in [1.82, 2.24) is 0 Å². The quantitative estimate of drug-likeness (QED) is 0.298. The molecular formula is C15H38N4O4Si. The van der Waals surface area contributed by atoms with Crippen LogP contribution in [0.25, 0.3) is 0 Å². The zero-order valence-corrected chi connectivity index (χ0v) is 16.7. The largest absolute Gasteiger partial charge is 0.679 e. The summed E-state index contributed by atoms with van der Waals surface area (Å²) in [5.41, 5.74) is 23.7. The molecule has 0 rings (SSSR count). The lowest BCUT2D eigenvalue weighted by atomic mass is 10.3. The summed E-state index contributed by atoms with van der Waals surface area (Å²) in [4.78, 5) is 0. The van der Waals surface area contributed by atoms with Gasteiger partial charge in [-0.05, 0) is 26.2 Å². The molecule has 0 aliphatic rings. The molecule has 0 aromatic carbocycles. The number of nitrogens with two attached hydrogens (primary N) is 4. The molecule has 0 heterocycles. The van der Waals surface area contributed by atoms with Crippen LogP contribution in [-0.2, 0) is 17.7 Å². The van der Waals surface area contributed by atoms with E-state index in [1.165, 1.54) is 0 Å². The highest BCUT2D eigenvalue weighted by Crippen LogP contribution is 2.15. The SMILES string of the molecule is CCC(N)CO[Si](OCC(C)N)(OCC(N)CC)OCC(N)CC. The van der Waals surface area contributed by atoms with E-state index in [0.29, 0.717) is 0 Å². The van der Waals surface area contributed by atoms with Crippen molar-refractivity contribution in [2.45, 2.75) is 71.1 Å². The van der Waals surface area contributed by atoms with E-state index in [0.717, 1.165) is 19.3 Å². The molecule has 4 unspecified atom stereocenters. The van der Waals surface area contributed by atoms with Crippen LogP contribution in [-0.4, -0.2) is 59.6 Å². The third kappa shape index (κ3) is 10.7. The van der Waals surface area contributed by atoms with E-state index in [4.69, 9.17) is 40.6 Å². The van der Waals surface area contributed by atoms with E-state index in [-0.39, 0.29) is 50.6 Å². The first-order valence-electron chi connectivity index (χ1n) is 8.86. The van der Waals surface area contributed by atoms with E-state index in [2.05, 4.69) is 0 Å². The van der Waals surface area contributed by atoms with E-state index in [1.54, 1.807) is 0 Å². The first-order chi connectivity index (χ1) is 11.3. The molecule has 0 spiro atoms. The van der Waals surface area contributed by atoms with E-state index in [9.17, 15) is 0 Å². The Balaban J connectivity index is 5.04. The fraction of sp³-hybridized carbons (Fsp3) is 1.00. The fourth-order valence-corrected chi connectivity index (χ4v) is 3.69. The minimum absolute atomic E-state index is 0.123. The zero-order valence-electron chi connectivity index (χ0n) is 15.7. The second-order valence-corrected chi connectivity index (χ2v) is 8.38. The maximum atomic E-state index is 5.96. The van der Waals surface area contributed by atoms with Crippen LogP contribution in [0.3, 0.4) is 0 Å². The number of hydrogen-bond donors (Lipinski definition) is 4. The van der Waals surface area contributed by atoms with Crippen LogP contribution in [0.1, 0.15) is 47.0 Å². The van der Waals surface area contributed by atoms with Crippen LogP contribution < -0.4 is 22.9 Å². The summed E-state index contributed by atoms with van der Waals surface area (Å²) in [5.74, 6) is 0. The molecule has 0 aromatic heterocycles. The van der Waals surface area contributed by atoms with Gasteiger partial charge in [0.1, 0.15) is 0 Å². The Labute approximate surface area is 148 Å². The van der Waals surface area contributed by atoms with Gasteiger partial charge in [-0.3, -0.25) is 0 Å².